The van der Waals surface area contributed by atoms with E-state index < -0.39 is 0 Å². The molecule has 1 aliphatic heterocycles. The van der Waals surface area contributed by atoms with Crippen molar-refractivity contribution in [1.29, 1.82) is 0 Å². The number of aromatic nitrogens is 2. The molecule has 4 rings (SSSR count). The molecule has 1 N–H and O–H groups in total. The van der Waals surface area contributed by atoms with Gasteiger partial charge in [-0.1, -0.05) is 30.3 Å². The zero-order valence-corrected chi connectivity index (χ0v) is 15.9. The van der Waals surface area contributed by atoms with Crippen LogP contribution in [0.1, 0.15) is 26.3 Å². The van der Waals surface area contributed by atoms with Crippen molar-refractivity contribution < 1.29 is 4.74 Å². The molecular formula is C22H24N4O. The van der Waals surface area contributed by atoms with Crippen molar-refractivity contribution in [1.82, 2.24) is 9.97 Å². The van der Waals surface area contributed by atoms with Crippen LogP contribution < -0.4 is 15.0 Å². The van der Waals surface area contributed by atoms with Crippen LogP contribution in [0.25, 0.3) is 0 Å². The van der Waals surface area contributed by atoms with Crippen molar-refractivity contribution in [2.75, 3.05) is 10.2 Å². The Balaban J connectivity index is 1.63. The van der Waals surface area contributed by atoms with Gasteiger partial charge >= 0.3 is 0 Å². The van der Waals surface area contributed by atoms with Gasteiger partial charge in [-0.3, -0.25) is 0 Å². The molecule has 5 heteroatoms. The number of fused-ring (bicyclic) bond motifs is 1. The number of nitrogens with zero attached hydrogens (tertiary/aromatic N) is 3. The first kappa shape index (κ1) is 17.3. The second-order valence-corrected chi connectivity index (χ2v) is 7.08. The van der Waals surface area contributed by atoms with Crippen molar-refractivity contribution >= 4 is 23.1 Å². The van der Waals surface area contributed by atoms with E-state index in [2.05, 4.69) is 46.4 Å². The van der Waals surface area contributed by atoms with Crippen molar-refractivity contribution in [2.45, 2.75) is 39.3 Å². The second kappa shape index (κ2) is 7.27. The fraction of sp³-hybridized carbons (Fsp3) is 0.273. The Bertz CT molecular complexity index is 941. The van der Waals surface area contributed by atoms with Gasteiger partial charge in [0.05, 0.1) is 11.8 Å². The number of nitrogens with one attached hydrogen (secondary N) is 1. The lowest BCUT2D eigenvalue weighted by Gasteiger charge is -2.24. The Kier molecular flexibility index (Phi) is 4.67. The molecule has 0 radical (unpaired) electrons. The maximum absolute atomic E-state index is 5.88. The van der Waals surface area contributed by atoms with Crippen LogP contribution in [-0.2, 0) is 6.42 Å². The summed E-state index contributed by atoms with van der Waals surface area (Å²) in [4.78, 5) is 11.4. The van der Waals surface area contributed by atoms with Crippen LogP contribution in [0.2, 0.25) is 0 Å². The average Bonchev–Trinajstić information content (AvgIpc) is 2.99. The van der Waals surface area contributed by atoms with Crippen molar-refractivity contribution in [2.24, 2.45) is 0 Å². The summed E-state index contributed by atoms with van der Waals surface area (Å²) < 4.78 is 5.88. The van der Waals surface area contributed by atoms with Crippen molar-refractivity contribution in [3.8, 4) is 5.75 Å². The van der Waals surface area contributed by atoms with E-state index in [-0.39, 0.29) is 6.10 Å². The summed E-state index contributed by atoms with van der Waals surface area (Å²) in [7, 11) is 0. The van der Waals surface area contributed by atoms with Crippen LogP contribution in [0.4, 0.5) is 23.1 Å². The van der Waals surface area contributed by atoms with E-state index in [0.717, 1.165) is 23.7 Å². The standard InChI is InChI=1S/C22H24N4O/c1-15(2)27-20-11-7-5-9-18(20)24-22-23-13-12-21(25-22)26-16(3)14-17-8-4-6-10-19(17)26/h4-13,15-16H,14H2,1-3H3,(H,23,24,25). The Labute approximate surface area is 160 Å². The van der Waals surface area contributed by atoms with Crippen LogP contribution >= 0.6 is 0 Å². The minimum Gasteiger partial charge on any atom is -0.489 e. The highest BCUT2D eigenvalue weighted by Gasteiger charge is 2.27. The highest BCUT2D eigenvalue weighted by Crippen LogP contribution is 2.37. The van der Waals surface area contributed by atoms with E-state index in [1.54, 1.807) is 6.20 Å². The Morgan fingerprint density at radius 1 is 1.07 bits per heavy atom. The highest BCUT2D eigenvalue weighted by molar-refractivity contribution is 5.70. The molecule has 2 aromatic carbocycles. The smallest absolute Gasteiger partial charge is 0.229 e. The predicted octanol–water partition coefficient (Wildman–Crippen LogP) is 5.09. The molecular weight excluding hydrogens is 336 g/mol. The molecule has 1 aliphatic rings. The van der Waals surface area contributed by atoms with E-state index in [0.29, 0.717) is 12.0 Å². The third kappa shape index (κ3) is 3.58. The van der Waals surface area contributed by atoms with Gasteiger partial charge in [-0.2, -0.15) is 4.98 Å². The molecule has 0 amide bonds. The topological polar surface area (TPSA) is 50.3 Å². The molecule has 1 aromatic heterocycles. The summed E-state index contributed by atoms with van der Waals surface area (Å²) in [6.45, 7) is 6.25. The summed E-state index contributed by atoms with van der Waals surface area (Å²) in [5.41, 5.74) is 3.44. The normalized spacial score (nSPS) is 15.7. The Morgan fingerprint density at radius 3 is 2.70 bits per heavy atom. The Morgan fingerprint density at radius 2 is 1.85 bits per heavy atom. The lowest BCUT2D eigenvalue weighted by atomic mass is 10.1. The number of anilines is 4. The number of para-hydroxylation sites is 3. The summed E-state index contributed by atoms with van der Waals surface area (Å²) in [6, 6.07) is 18.7. The SMILES string of the molecule is CC(C)Oc1ccccc1Nc1nccc(N2c3ccccc3CC2C)n1. The van der Waals surface area contributed by atoms with Gasteiger partial charge in [0.25, 0.3) is 0 Å². The predicted molar refractivity (Wildman–Crippen MR) is 109 cm³/mol. The number of rotatable bonds is 5. The van der Waals surface area contributed by atoms with E-state index in [1.807, 2.05) is 44.2 Å². The molecule has 0 saturated carbocycles. The zero-order chi connectivity index (χ0) is 18.8. The molecule has 27 heavy (non-hydrogen) atoms. The minimum absolute atomic E-state index is 0.0992. The lowest BCUT2D eigenvalue weighted by Crippen LogP contribution is -2.25. The second-order valence-electron chi connectivity index (χ2n) is 7.08. The van der Waals surface area contributed by atoms with Gasteiger partial charge in [-0.15, -0.1) is 0 Å². The van der Waals surface area contributed by atoms with Gasteiger partial charge in [0.2, 0.25) is 5.95 Å². The molecule has 5 nitrogen and oxygen atoms in total. The Hall–Kier alpha value is -3.08. The number of ether oxygens (including phenoxy) is 1. The van der Waals surface area contributed by atoms with Gasteiger partial charge in [0, 0.05) is 17.9 Å². The maximum atomic E-state index is 5.88. The number of hydrogen-bond donors (Lipinski definition) is 1. The van der Waals surface area contributed by atoms with Gasteiger partial charge in [0.1, 0.15) is 11.6 Å². The molecule has 138 valence electrons. The average molecular weight is 360 g/mol. The molecule has 1 unspecified atom stereocenters. The molecule has 0 saturated heterocycles. The van der Waals surface area contributed by atoms with Crippen LogP contribution in [0.3, 0.4) is 0 Å². The molecule has 1 atom stereocenters. The van der Waals surface area contributed by atoms with Gasteiger partial charge < -0.3 is 15.0 Å². The maximum Gasteiger partial charge on any atom is 0.229 e. The van der Waals surface area contributed by atoms with Gasteiger partial charge in [0.15, 0.2) is 0 Å². The molecule has 3 aromatic rings. The van der Waals surface area contributed by atoms with E-state index in [1.165, 1.54) is 11.3 Å². The number of hydrogen-bond acceptors (Lipinski definition) is 5. The van der Waals surface area contributed by atoms with E-state index in [4.69, 9.17) is 9.72 Å². The van der Waals surface area contributed by atoms with Crippen molar-refractivity contribution in [3.63, 3.8) is 0 Å². The van der Waals surface area contributed by atoms with Gasteiger partial charge in [-0.25, -0.2) is 4.98 Å². The summed E-state index contributed by atoms with van der Waals surface area (Å²) in [6.07, 6.45) is 2.92. The van der Waals surface area contributed by atoms with Crippen molar-refractivity contribution in [3.05, 3.63) is 66.4 Å². The molecule has 0 fully saturated rings. The van der Waals surface area contributed by atoms with Gasteiger partial charge in [-0.05, 0) is 57.0 Å². The molecule has 0 aliphatic carbocycles. The first-order valence-corrected chi connectivity index (χ1v) is 9.34. The summed E-state index contributed by atoms with van der Waals surface area (Å²) in [5, 5.41) is 3.31. The number of benzene rings is 2. The first-order valence-electron chi connectivity index (χ1n) is 9.34. The molecule has 0 bridgehead atoms. The highest BCUT2D eigenvalue weighted by atomic mass is 16.5. The van der Waals surface area contributed by atoms with E-state index >= 15 is 0 Å². The fourth-order valence-electron chi connectivity index (χ4n) is 3.51. The lowest BCUT2D eigenvalue weighted by molar-refractivity contribution is 0.244. The van der Waals surface area contributed by atoms with Crippen LogP contribution in [-0.4, -0.2) is 22.1 Å². The summed E-state index contributed by atoms with van der Waals surface area (Å²) >= 11 is 0. The monoisotopic (exact) mass is 360 g/mol. The van der Waals surface area contributed by atoms with Crippen LogP contribution in [0.15, 0.2) is 60.8 Å². The fourth-order valence-corrected chi connectivity index (χ4v) is 3.51. The minimum atomic E-state index is 0.0992. The first-order chi connectivity index (χ1) is 13.1. The quantitative estimate of drug-likeness (QED) is 0.687. The third-order valence-corrected chi connectivity index (χ3v) is 4.59. The zero-order valence-electron chi connectivity index (χ0n) is 15.9. The van der Waals surface area contributed by atoms with E-state index in [9.17, 15) is 0 Å². The third-order valence-electron chi connectivity index (χ3n) is 4.59. The molecule has 2 heterocycles. The van der Waals surface area contributed by atoms with Crippen LogP contribution in [0, 0.1) is 0 Å². The van der Waals surface area contributed by atoms with Crippen LogP contribution in [0.5, 0.6) is 5.75 Å². The largest absolute Gasteiger partial charge is 0.489 e. The summed E-state index contributed by atoms with van der Waals surface area (Å²) in [5.74, 6) is 2.25. The molecule has 0 spiro atoms.